The quantitative estimate of drug-likeness (QED) is 0.943. The number of aliphatic hydroxyl groups is 1. The van der Waals surface area contributed by atoms with Gasteiger partial charge in [-0.15, -0.1) is 0 Å². The molecule has 1 atom stereocenters. The molecule has 1 N–H and O–H groups in total. The van der Waals surface area contributed by atoms with Gasteiger partial charge in [-0.05, 0) is 17.7 Å². The van der Waals surface area contributed by atoms with Crippen molar-refractivity contribution in [2.75, 3.05) is 7.11 Å². The smallest absolute Gasteiger partial charge is 0.416 e. The molecule has 0 fully saturated rings. The van der Waals surface area contributed by atoms with Crippen molar-refractivity contribution in [3.63, 3.8) is 0 Å². The maximum atomic E-state index is 12.7. The zero-order valence-electron chi connectivity index (χ0n) is 10.8. The molecular weight excluding hydrogens is 273 g/mol. The average molecular weight is 286 g/mol. The third kappa shape index (κ3) is 2.62. The number of hydrogen-bond donors (Lipinski definition) is 1. The highest BCUT2D eigenvalue weighted by molar-refractivity contribution is 5.36. The fourth-order valence-electron chi connectivity index (χ4n) is 1.94. The van der Waals surface area contributed by atoms with Crippen LogP contribution in [-0.2, 0) is 13.2 Å². The van der Waals surface area contributed by atoms with E-state index in [9.17, 15) is 18.3 Å². The summed E-state index contributed by atoms with van der Waals surface area (Å²) in [6.07, 6.45) is -4.31. The van der Waals surface area contributed by atoms with Crippen molar-refractivity contribution in [1.82, 2.24) is 9.78 Å². The summed E-state index contributed by atoms with van der Waals surface area (Å²) in [6, 6.07) is 4.55. The molecule has 0 saturated heterocycles. The molecule has 7 heteroatoms. The van der Waals surface area contributed by atoms with Crippen LogP contribution in [0.25, 0.3) is 0 Å². The Hall–Kier alpha value is -2.02. The van der Waals surface area contributed by atoms with Crippen LogP contribution in [0.3, 0.4) is 0 Å². The number of benzene rings is 1. The molecule has 0 radical (unpaired) electrons. The minimum atomic E-state index is -4.45. The van der Waals surface area contributed by atoms with Gasteiger partial charge in [-0.3, -0.25) is 4.68 Å². The van der Waals surface area contributed by atoms with Crippen LogP contribution in [0.4, 0.5) is 13.2 Å². The van der Waals surface area contributed by atoms with Crippen molar-refractivity contribution in [1.29, 1.82) is 0 Å². The Morgan fingerprint density at radius 1 is 1.35 bits per heavy atom. The predicted molar refractivity (Wildman–Crippen MR) is 65.3 cm³/mol. The third-order valence-electron chi connectivity index (χ3n) is 2.96. The number of halogens is 3. The van der Waals surface area contributed by atoms with Crippen molar-refractivity contribution >= 4 is 0 Å². The minimum absolute atomic E-state index is 0.127. The molecule has 0 saturated carbocycles. The van der Waals surface area contributed by atoms with Gasteiger partial charge in [-0.25, -0.2) is 0 Å². The number of aliphatic hydroxyl groups excluding tert-OH is 1. The van der Waals surface area contributed by atoms with E-state index < -0.39 is 17.8 Å². The van der Waals surface area contributed by atoms with Crippen molar-refractivity contribution < 1.29 is 23.0 Å². The van der Waals surface area contributed by atoms with Gasteiger partial charge in [0.2, 0.25) is 0 Å². The van der Waals surface area contributed by atoms with Crippen molar-refractivity contribution in [3.8, 4) is 5.75 Å². The molecule has 0 spiro atoms. The number of nitrogens with zero attached hydrogens (tertiary/aromatic N) is 2. The van der Waals surface area contributed by atoms with E-state index in [1.54, 1.807) is 7.05 Å². The van der Waals surface area contributed by atoms with Gasteiger partial charge in [-0.1, -0.05) is 12.1 Å². The Labute approximate surface area is 113 Å². The Morgan fingerprint density at radius 3 is 2.65 bits per heavy atom. The summed E-state index contributed by atoms with van der Waals surface area (Å²) in [7, 11) is 2.98. The largest absolute Gasteiger partial charge is 0.493 e. The van der Waals surface area contributed by atoms with Crippen LogP contribution in [-0.4, -0.2) is 22.0 Å². The maximum absolute atomic E-state index is 12.7. The monoisotopic (exact) mass is 286 g/mol. The molecule has 0 aliphatic carbocycles. The van der Waals surface area contributed by atoms with E-state index in [2.05, 4.69) is 5.10 Å². The molecule has 2 rings (SSSR count). The lowest BCUT2D eigenvalue weighted by Crippen LogP contribution is -2.10. The van der Waals surface area contributed by atoms with E-state index in [-0.39, 0.29) is 5.56 Å². The lowest BCUT2D eigenvalue weighted by atomic mass is 10.0. The molecule has 1 heterocycles. The molecule has 0 bridgehead atoms. The van der Waals surface area contributed by atoms with Gasteiger partial charge in [-0.2, -0.15) is 18.3 Å². The van der Waals surface area contributed by atoms with Crippen LogP contribution in [0.15, 0.2) is 30.5 Å². The van der Waals surface area contributed by atoms with Gasteiger partial charge in [0.05, 0.1) is 18.9 Å². The fraction of sp³-hybridized carbons (Fsp3) is 0.308. The number of hydrogen-bond acceptors (Lipinski definition) is 3. The number of methoxy groups -OCH3 is 1. The summed E-state index contributed by atoms with van der Waals surface area (Å²) in [5, 5.41) is 14.2. The van der Waals surface area contributed by atoms with Crippen LogP contribution >= 0.6 is 0 Å². The number of aromatic nitrogens is 2. The molecule has 108 valence electrons. The van der Waals surface area contributed by atoms with Crippen LogP contribution < -0.4 is 4.74 Å². The highest BCUT2D eigenvalue weighted by Gasteiger charge is 2.31. The van der Waals surface area contributed by atoms with Crippen LogP contribution in [0, 0.1) is 0 Å². The Morgan fingerprint density at radius 2 is 2.05 bits per heavy atom. The second-order valence-corrected chi connectivity index (χ2v) is 4.25. The topological polar surface area (TPSA) is 47.3 Å². The number of rotatable bonds is 3. The lowest BCUT2D eigenvalue weighted by molar-refractivity contribution is -0.137. The summed E-state index contributed by atoms with van der Waals surface area (Å²) in [4.78, 5) is 0. The van der Waals surface area contributed by atoms with Crippen molar-refractivity contribution in [3.05, 3.63) is 47.3 Å². The van der Waals surface area contributed by atoms with E-state index in [0.717, 1.165) is 12.1 Å². The van der Waals surface area contributed by atoms with Crippen molar-refractivity contribution in [2.45, 2.75) is 12.3 Å². The Balaban J connectivity index is 2.43. The minimum Gasteiger partial charge on any atom is -0.493 e. The third-order valence-corrected chi connectivity index (χ3v) is 2.96. The van der Waals surface area contributed by atoms with Gasteiger partial charge < -0.3 is 9.84 Å². The number of ether oxygens (including phenoxy) is 1. The highest BCUT2D eigenvalue weighted by Crippen LogP contribution is 2.34. The molecule has 2 aromatic rings. The molecule has 1 aromatic heterocycles. The highest BCUT2D eigenvalue weighted by atomic mass is 19.4. The van der Waals surface area contributed by atoms with Crippen LogP contribution in [0.5, 0.6) is 5.75 Å². The first kappa shape index (κ1) is 14.4. The zero-order valence-corrected chi connectivity index (χ0v) is 10.8. The van der Waals surface area contributed by atoms with E-state index in [0.29, 0.717) is 11.4 Å². The molecule has 4 nitrogen and oxygen atoms in total. The molecule has 1 unspecified atom stereocenters. The van der Waals surface area contributed by atoms with Crippen LogP contribution in [0.1, 0.15) is 22.9 Å². The second kappa shape index (κ2) is 5.16. The van der Waals surface area contributed by atoms with Gasteiger partial charge in [0, 0.05) is 7.05 Å². The standard InChI is InChI=1S/C13H13F3N2O2/c1-18-11(10(20-2)7-17-18)12(19)8-4-3-5-9(6-8)13(14,15)16/h3-7,12,19H,1-2H3. The second-order valence-electron chi connectivity index (χ2n) is 4.25. The lowest BCUT2D eigenvalue weighted by Gasteiger charge is -2.15. The summed E-state index contributed by atoms with van der Waals surface area (Å²) in [5.74, 6) is 0.317. The summed E-state index contributed by atoms with van der Waals surface area (Å²) in [5.41, 5.74) is -0.385. The van der Waals surface area contributed by atoms with Gasteiger partial charge >= 0.3 is 6.18 Å². The summed E-state index contributed by atoms with van der Waals surface area (Å²) < 4.78 is 44.4. The Bertz CT molecular complexity index is 608. The van der Waals surface area contributed by atoms with Gasteiger partial charge in [0.15, 0.2) is 5.75 Å². The van der Waals surface area contributed by atoms with Crippen molar-refractivity contribution in [2.24, 2.45) is 7.05 Å². The van der Waals surface area contributed by atoms with E-state index >= 15 is 0 Å². The van der Waals surface area contributed by atoms with Gasteiger partial charge in [0.1, 0.15) is 11.8 Å². The van der Waals surface area contributed by atoms with Crippen LogP contribution in [0.2, 0.25) is 0 Å². The average Bonchev–Trinajstić information content (AvgIpc) is 2.78. The number of aryl methyl sites for hydroxylation is 1. The van der Waals surface area contributed by atoms with E-state index in [1.807, 2.05) is 0 Å². The molecule has 1 aromatic carbocycles. The predicted octanol–water partition coefficient (Wildman–Crippen LogP) is 2.53. The number of alkyl halides is 3. The maximum Gasteiger partial charge on any atom is 0.416 e. The molecule has 0 amide bonds. The van der Waals surface area contributed by atoms with Gasteiger partial charge in [0.25, 0.3) is 0 Å². The first-order valence-corrected chi connectivity index (χ1v) is 5.75. The zero-order chi connectivity index (χ0) is 14.9. The van der Waals surface area contributed by atoms with E-state index in [4.69, 9.17) is 4.74 Å². The summed E-state index contributed by atoms with van der Waals surface area (Å²) in [6.45, 7) is 0. The normalized spacial score (nSPS) is 13.3. The van der Waals surface area contributed by atoms with E-state index in [1.165, 1.54) is 30.1 Å². The molecular formula is C13H13F3N2O2. The SMILES string of the molecule is COc1cnn(C)c1C(O)c1cccc(C(F)(F)F)c1. The Kier molecular flexibility index (Phi) is 3.71. The molecule has 0 aliphatic heterocycles. The molecule has 0 aliphatic rings. The fourth-order valence-corrected chi connectivity index (χ4v) is 1.94. The first-order valence-electron chi connectivity index (χ1n) is 5.75. The first-order chi connectivity index (χ1) is 9.34. The summed E-state index contributed by atoms with van der Waals surface area (Å²) >= 11 is 0. The molecule has 20 heavy (non-hydrogen) atoms.